The molecule has 0 saturated heterocycles. The Hall–Kier alpha value is -4.85. The number of hydrogen-bond acceptors (Lipinski definition) is 8. The van der Waals surface area contributed by atoms with Gasteiger partial charge in [-0.2, -0.15) is 0 Å². The number of hydrogen-bond donors (Lipinski definition) is 5. The summed E-state index contributed by atoms with van der Waals surface area (Å²) in [7, 11) is 1.58. The molecule has 2 rings (SSSR count). The summed E-state index contributed by atoms with van der Waals surface area (Å²) in [4.78, 5) is 90.7. The largest absolute Gasteiger partial charge is 0.480 e. The van der Waals surface area contributed by atoms with Crippen molar-refractivity contribution in [3.8, 4) is 0 Å². The summed E-state index contributed by atoms with van der Waals surface area (Å²) in [6, 6.07) is 5.47. The van der Waals surface area contributed by atoms with Gasteiger partial charge in [0.25, 0.3) is 11.8 Å². The Balaban J connectivity index is 2.11. The molecule has 0 saturated carbocycles. The maximum atomic E-state index is 14.0. The summed E-state index contributed by atoms with van der Waals surface area (Å²) >= 11 is 0. The first-order valence-corrected chi connectivity index (χ1v) is 17.0. The molecule has 4 atom stereocenters. The van der Waals surface area contributed by atoms with E-state index in [0.717, 1.165) is 22.6 Å². The number of carbonyl (C=O) groups excluding carboxylic acids is 6. The number of carbonyl (C=O) groups is 7. The van der Waals surface area contributed by atoms with Crippen LogP contribution in [0.5, 0.6) is 0 Å². The van der Waals surface area contributed by atoms with Crippen molar-refractivity contribution in [2.45, 2.75) is 97.8 Å². The van der Waals surface area contributed by atoms with Crippen molar-refractivity contribution < 1.29 is 38.7 Å². The molecule has 14 nitrogen and oxygen atoms in total. The SMILES string of the molecule is C/C(=C\[C@H](C(C)C)N(C)C(=O)C(NC(=O)[C@@H](N)C(C)(C)c1ccccc1)C(C)(C)C)C(=O)N[C@H](CCC(=O)NCCN1C(=O)C=CC1=O)C(=O)O. The first-order valence-electron chi connectivity index (χ1n) is 17.0. The van der Waals surface area contributed by atoms with E-state index >= 15 is 0 Å². The summed E-state index contributed by atoms with van der Waals surface area (Å²) in [5.41, 5.74) is 6.06. The molecule has 1 unspecified atom stereocenters. The molecule has 6 N–H and O–H groups in total. The molecule has 1 aliphatic rings. The number of nitrogens with one attached hydrogen (secondary N) is 3. The zero-order valence-electron chi connectivity index (χ0n) is 31.1. The Morgan fingerprint density at radius 1 is 0.961 bits per heavy atom. The van der Waals surface area contributed by atoms with Gasteiger partial charge in [-0.3, -0.25) is 33.7 Å². The average molecular weight is 711 g/mol. The smallest absolute Gasteiger partial charge is 0.326 e. The fraction of sp³-hybridized carbons (Fsp3) is 0.541. The van der Waals surface area contributed by atoms with Gasteiger partial charge in [0.1, 0.15) is 12.1 Å². The topological polar surface area (TPSA) is 208 Å². The van der Waals surface area contributed by atoms with Gasteiger partial charge < -0.3 is 31.7 Å². The van der Waals surface area contributed by atoms with Crippen LogP contribution in [0, 0.1) is 11.3 Å². The summed E-state index contributed by atoms with van der Waals surface area (Å²) in [6.45, 7) is 14.4. The molecule has 0 radical (unpaired) electrons. The molecule has 0 bridgehead atoms. The van der Waals surface area contributed by atoms with Crippen molar-refractivity contribution in [2.24, 2.45) is 17.1 Å². The zero-order chi connectivity index (χ0) is 38.8. The van der Waals surface area contributed by atoms with Crippen LogP contribution in [0.15, 0.2) is 54.1 Å². The lowest BCUT2D eigenvalue weighted by atomic mass is 9.77. The molecule has 0 aliphatic carbocycles. The molecule has 1 aromatic carbocycles. The van der Waals surface area contributed by atoms with E-state index < -0.39 is 76.4 Å². The summed E-state index contributed by atoms with van der Waals surface area (Å²) in [5.74, 6) is -4.57. The van der Waals surface area contributed by atoms with Crippen molar-refractivity contribution >= 4 is 41.4 Å². The van der Waals surface area contributed by atoms with E-state index in [1.54, 1.807) is 13.1 Å². The molecule has 0 fully saturated rings. The number of nitrogens with zero attached hydrogens (tertiary/aromatic N) is 2. The maximum absolute atomic E-state index is 14.0. The van der Waals surface area contributed by atoms with Crippen LogP contribution < -0.4 is 21.7 Å². The highest BCUT2D eigenvalue weighted by Gasteiger charge is 2.41. The van der Waals surface area contributed by atoms with Crippen LogP contribution in [-0.4, -0.2) is 101 Å². The second-order valence-corrected chi connectivity index (χ2v) is 14.8. The number of imide groups is 1. The number of carboxylic acids is 1. The minimum atomic E-state index is -1.39. The highest BCUT2D eigenvalue weighted by molar-refractivity contribution is 6.12. The Labute approximate surface area is 300 Å². The number of aliphatic carboxylic acids is 1. The Bertz CT molecular complexity index is 1510. The fourth-order valence-electron chi connectivity index (χ4n) is 5.54. The van der Waals surface area contributed by atoms with Crippen LogP contribution in [0.1, 0.15) is 73.8 Å². The van der Waals surface area contributed by atoms with Gasteiger partial charge in [0.15, 0.2) is 0 Å². The van der Waals surface area contributed by atoms with E-state index in [-0.39, 0.29) is 37.4 Å². The zero-order valence-corrected chi connectivity index (χ0v) is 31.1. The van der Waals surface area contributed by atoms with Gasteiger partial charge in [-0.1, -0.05) is 84.9 Å². The summed E-state index contributed by atoms with van der Waals surface area (Å²) < 4.78 is 0. The maximum Gasteiger partial charge on any atom is 0.326 e. The molecule has 14 heteroatoms. The second-order valence-electron chi connectivity index (χ2n) is 14.8. The average Bonchev–Trinajstić information content (AvgIpc) is 3.38. The van der Waals surface area contributed by atoms with E-state index in [1.807, 2.05) is 78.8 Å². The van der Waals surface area contributed by atoms with Crippen molar-refractivity contribution in [3.63, 3.8) is 0 Å². The van der Waals surface area contributed by atoms with Crippen molar-refractivity contribution in [2.75, 3.05) is 20.1 Å². The first-order chi connectivity index (χ1) is 23.6. The van der Waals surface area contributed by atoms with Gasteiger partial charge >= 0.3 is 5.97 Å². The molecule has 1 aromatic rings. The third kappa shape index (κ3) is 11.6. The number of amides is 6. The predicted molar refractivity (Wildman–Crippen MR) is 192 cm³/mol. The van der Waals surface area contributed by atoms with Gasteiger partial charge in [0.2, 0.25) is 23.6 Å². The lowest BCUT2D eigenvalue weighted by Crippen LogP contribution is -2.61. The molecule has 51 heavy (non-hydrogen) atoms. The van der Waals surface area contributed by atoms with Crippen molar-refractivity contribution in [1.29, 1.82) is 0 Å². The predicted octanol–water partition coefficient (Wildman–Crippen LogP) is 1.64. The van der Waals surface area contributed by atoms with Gasteiger partial charge in [-0.05, 0) is 30.2 Å². The molecular weight excluding hydrogens is 656 g/mol. The molecular formula is C37H54N6O8. The third-order valence-electron chi connectivity index (χ3n) is 9.06. The highest BCUT2D eigenvalue weighted by Crippen LogP contribution is 2.28. The normalized spacial score (nSPS) is 16.0. The standard InChI is InChI=1S/C37H54N6O8/c1-22(2)26(42(9)34(49)31(36(4,5)6)41-33(48)30(38)37(7,8)24-13-11-10-12-14-24)21-23(3)32(47)40-25(35(50)51)15-16-27(44)39-19-20-43-28(45)17-18-29(43)46/h10-14,17-18,21-22,25-26,30-31H,15-16,19-20,38H2,1-9H3,(H,39,44)(H,40,47)(H,41,48)(H,50,51)/b23-21+/t25-,26-,30-,31?/m1/s1. The van der Waals surface area contributed by atoms with E-state index in [4.69, 9.17) is 5.73 Å². The van der Waals surface area contributed by atoms with Gasteiger partial charge in [-0.25, -0.2) is 4.79 Å². The third-order valence-corrected chi connectivity index (χ3v) is 9.06. The minimum Gasteiger partial charge on any atom is -0.480 e. The van der Waals surface area contributed by atoms with Crippen LogP contribution in [-0.2, 0) is 39.0 Å². The van der Waals surface area contributed by atoms with Crippen LogP contribution in [0.4, 0.5) is 0 Å². The number of rotatable bonds is 17. The monoisotopic (exact) mass is 710 g/mol. The summed E-state index contributed by atoms with van der Waals surface area (Å²) in [5, 5.41) is 17.6. The lowest BCUT2D eigenvalue weighted by molar-refractivity contribution is -0.142. The number of carboxylic acid groups (broad SMARTS) is 1. The Kier molecular flexibility index (Phi) is 14.8. The van der Waals surface area contributed by atoms with E-state index in [1.165, 1.54) is 11.8 Å². The van der Waals surface area contributed by atoms with Crippen LogP contribution in [0.2, 0.25) is 0 Å². The molecule has 1 heterocycles. The number of benzene rings is 1. The molecule has 280 valence electrons. The van der Waals surface area contributed by atoms with E-state index in [2.05, 4.69) is 16.0 Å². The molecule has 0 aromatic heterocycles. The molecule has 6 amide bonds. The lowest BCUT2D eigenvalue weighted by Gasteiger charge is -2.39. The quantitative estimate of drug-likeness (QED) is 0.117. The van der Waals surface area contributed by atoms with E-state index in [0.29, 0.717) is 0 Å². The molecule has 0 spiro atoms. The fourth-order valence-corrected chi connectivity index (χ4v) is 5.54. The highest BCUT2D eigenvalue weighted by atomic mass is 16.4. The van der Waals surface area contributed by atoms with Crippen LogP contribution in [0.25, 0.3) is 0 Å². The molecule has 1 aliphatic heterocycles. The first kappa shape index (κ1) is 42.3. The Morgan fingerprint density at radius 3 is 2.04 bits per heavy atom. The van der Waals surface area contributed by atoms with Gasteiger partial charge in [0, 0.05) is 49.7 Å². The van der Waals surface area contributed by atoms with Crippen molar-refractivity contribution in [3.05, 3.63) is 59.7 Å². The van der Waals surface area contributed by atoms with E-state index in [9.17, 15) is 38.7 Å². The summed E-state index contributed by atoms with van der Waals surface area (Å²) in [6.07, 6.45) is 3.39. The van der Waals surface area contributed by atoms with Crippen LogP contribution >= 0.6 is 0 Å². The van der Waals surface area contributed by atoms with Gasteiger partial charge in [-0.15, -0.1) is 0 Å². The number of nitrogens with two attached hydrogens (primary N) is 1. The minimum absolute atomic E-state index is 0.00894. The van der Waals surface area contributed by atoms with Crippen LogP contribution in [0.3, 0.4) is 0 Å². The second kappa shape index (κ2) is 17.9. The van der Waals surface area contributed by atoms with Crippen molar-refractivity contribution in [1.82, 2.24) is 25.8 Å². The number of likely N-dealkylation sites (N-methyl/N-ethyl adjacent to an activating group) is 1. The Morgan fingerprint density at radius 2 is 1.53 bits per heavy atom. The van der Waals surface area contributed by atoms with Gasteiger partial charge in [0.05, 0.1) is 12.1 Å².